The summed E-state index contributed by atoms with van der Waals surface area (Å²) in [5.41, 5.74) is 6.34. The lowest BCUT2D eigenvalue weighted by Crippen LogP contribution is -2.06. The minimum Gasteiger partial charge on any atom is -0.465 e. The lowest BCUT2D eigenvalue weighted by Gasteiger charge is -2.06. The molecule has 4 nitrogen and oxygen atoms in total. The number of rotatable bonds is 3. The molecule has 0 fully saturated rings. The number of pyridine rings is 1. The molecule has 1 aromatic heterocycles. The summed E-state index contributed by atoms with van der Waals surface area (Å²) in [7, 11) is 1.32. The molecule has 0 saturated carbocycles. The SMILES string of the molecule is COC(=O)c1cc(Sc2cccc(Br)c2)ncc1N. The first-order valence-corrected chi connectivity index (χ1v) is 6.98. The summed E-state index contributed by atoms with van der Waals surface area (Å²) in [5, 5.41) is 0.688. The van der Waals surface area contributed by atoms with Crippen molar-refractivity contribution in [2.75, 3.05) is 12.8 Å². The number of esters is 1. The van der Waals surface area contributed by atoms with Crippen molar-refractivity contribution < 1.29 is 9.53 Å². The molecule has 0 aliphatic rings. The molecule has 0 aliphatic heterocycles. The number of anilines is 1. The summed E-state index contributed by atoms with van der Waals surface area (Å²) in [6.07, 6.45) is 1.46. The number of ether oxygens (including phenoxy) is 1. The number of nitrogen functional groups attached to an aromatic ring is 1. The van der Waals surface area contributed by atoms with Crippen molar-refractivity contribution in [3.05, 3.63) is 46.6 Å². The van der Waals surface area contributed by atoms with Gasteiger partial charge >= 0.3 is 5.97 Å². The van der Waals surface area contributed by atoms with Gasteiger partial charge in [0.2, 0.25) is 0 Å². The minimum atomic E-state index is -0.462. The molecule has 0 radical (unpaired) electrons. The van der Waals surface area contributed by atoms with Gasteiger partial charge in [-0.1, -0.05) is 33.8 Å². The molecule has 98 valence electrons. The van der Waals surface area contributed by atoms with Crippen molar-refractivity contribution >= 4 is 39.3 Å². The molecule has 19 heavy (non-hydrogen) atoms. The van der Waals surface area contributed by atoms with Gasteiger partial charge in [-0.25, -0.2) is 9.78 Å². The number of carbonyl (C=O) groups excluding carboxylic acids is 1. The Morgan fingerprint density at radius 2 is 2.21 bits per heavy atom. The fourth-order valence-electron chi connectivity index (χ4n) is 1.44. The second-order valence-electron chi connectivity index (χ2n) is 3.66. The van der Waals surface area contributed by atoms with Crippen molar-refractivity contribution in [3.63, 3.8) is 0 Å². The van der Waals surface area contributed by atoms with Gasteiger partial charge in [-0.3, -0.25) is 0 Å². The van der Waals surface area contributed by atoms with Crippen molar-refractivity contribution in [1.82, 2.24) is 4.98 Å². The number of carbonyl (C=O) groups is 1. The van der Waals surface area contributed by atoms with Gasteiger partial charge in [0.05, 0.1) is 24.6 Å². The summed E-state index contributed by atoms with van der Waals surface area (Å²) in [6, 6.07) is 9.45. The number of benzene rings is 1. The van der Waals surface area contributed by atoms with Gasteiger partial charge in [0, 0.05) is 9.37 Å². The maximum Gasteiger partial charge on any atom is 0.340 e. The largest absolute Gasteiger partial charge is 0.465 e. The average Bonchev–Trinajstić information content (AvgIpc) is 2.40. The zero-order chi connectivity index (χ0) is 13.8. The van der Waals surface area contributed by atoms with Crippen LogP contribution in [0.25, 0.3) is 0 Å². The van der Waals surface area contributed by atoms with E-state index in [-0.39, 0.29) is 0 Å². The van der Waals surface area contributed by atoms with Gasteiger partial charge in [0.1, 0.15) is 5.03 Å². The highest BCUT2D eigenvalue weighted by Gasteiger charge is 2.12. The lowest BCUT2D eigenvalue weighted by atomic mass is 10.2. The molecule has 0 spiro atoms. The summed E-state index contributed by atoms with van der Waals surface area (Å²) in [5.74, 6) is -0.462. The maximum atomic E-state index is 11.5. The molecule has 1 aromatic carbocycles. The number of halogens is 1. The topological polar surface area (TPSA) is 65.2 Å². The first-order valence-electron chi connectivity index (χ1n) is 5.37. The molecule has 0 bridgehead atoms. The normalized spacial score (nSPS) is 10.2. The third-order valence-electron chi connectivity index (χ3n) is 2.33. The number of nitrogens with two attached hydrogens (primary N) is 1. The molecular formula is C13H11BrN2O2S. The third-order valence-corrected chi connectivity index (χ3v) is 3.75. The highest BCUT2D eigenvalue weighted by molar-refractivity contribution is 9.10. The minimum absolute atomic E-state index is 0.311. The summed E-state index contributed by atoms with van der Waals surface area (Å²) < 4.78 is 5.67. The molecule has 1 heterocycles. The van der Waals surface area contributed by atoms with Gasteiger partial charge in [0.25, 0.3) is 0 Å². The average molecular weight is 339 g/mol. The predicted octanol–water partition coefficient (Wildman–Crippen LogP) is 3.36. The zero-order valence-electron chi connectivity index (χ0n) is 10.1. The Kier molecular flexibility index (Phi) is 4.44. The molecule has 0 saturated heterocycles. The predicted molar refractivity (Wildman–Crippen MR) is 78.3 cm³/mol. The molecule has 0 unspecified atom stereocenters. The molecular weight excluding hydrogens is 328 g/mol. The third kappa shape index (κ3) is 3.48. The highest BCUT2D eigenvalue weighted by Crippen LogP contribution is 2.29. The second kappa shape index (κ2) is 6.08. The van der Waals surface area contributed by atoms with Gasteiger partial charge in [-0.2, -0.15) is 0 Å². The molecule has 2 aromatic rings. The fraction of sp³-hybridized carbons (Fsp3) is 0.0769. The van der Waals surface area contributed by atoms with E-state index in [0.717, 1.165) is 9.37 Å². The molecule has 2 N–H and O–H groups in total. The second-order valence-corrected chi connectivity index (χ2v) is 5.67. The Morgan fingerprint density at radius 1 is 1.42 bits per heavy atom. The Morgan fingerprint density at radius 3 is 2.89 bits per heavy atom. The first kappa shape index (κ1) is 13.9. The van der Waals surface area contributed by atoms with E-state index < -0.39 is 5.97 Å². The molecule has 6 heteroatoms. The van der Waals surface area contributed by atoms with Crippen molar-refractivity contribution in [2.45, 2.75) is 9.92 Å². The zero-order valence-corrected chi connectivity index (χ0v) is 12.5. The van der Waals surface area contributed by atoms with Gasteiger partial charge < -0.3 is 10.5 Å². The highest BCUT2D eigenvalue weighted by atomic mass is 79.9. The molecule has 0 atom stereocenters. The standard InChI is InChI=1S/C13H11BrN2O2S/c1-18-13(17)10-6-12(16-7-11(10)15)19-9-4-2-3-8(14)5-9/h2-7H,15H2,1H3. The Labute approximate surface area is 123 Å². The Bertz CT molecular complexity index is 619. The number of hydrogen-bond acceptors (Lipinski definition) is 5. The van der Waals surface area contributed by atoms with E-state index >= 15 is 0 Å². The number of hydrogen-bond donors (Lipinski definition) is 1. The van der Waals surface area contributed by atoms with Crippen molar-refractivity contribution in [3.8, 4) is 0 Å². The van der Waals surface area contributed by atoms with E-state index in [2.05, 4.69) is 25.7 Å². The Hall–Kier alpha value is -1.53. The quantitative estimate of drug-likeness (QED) is 0.869. The molecule has 0 amide bonds. The van der Waals surface area contributed by atoms with Crippen LogP contribution in [0.5, 0.6) is 0 Å². The van der Waals surface area contributed by atoms with Crippen LogP contribution in [-0.2, 0) is 4.74 Å². The first-order chi connectivity index (χ1) is 9.10. The van der Waals surface area contributed by atoms with Crippen LogP contribution in [0.1, 0.15) is 10.4 Å². The van der Waals surface area contributed by atoms with Crippen LogP contribution in [0.3, 0.4) is 0 Å². The van der Waals surface area contributed by atoms with E-state index in [0.29, 0.717) is 16.3 Å². The smallest absolute Gasteiger partial charge is 0.340 e. The summed E-state index contributed by atoms with van der Waals surface area (Å²) in [6.45, 7) is 0. The lowest BCUT2D eigenvalue weighted by molar-refractivity contribution is 0.0601. The maximum absolute atomic E-state index is 11.5. The van der Waals surface area contributed by atoms with Crippen molar-refractivity contribution in [1.29, 1.82) is 0 Å². The summed E-state index contributed by atoms with van der Waals surface area (Å²) in [4.78, 5) is 16.8. The number of methoxy groups -OCH3 is 1. The van der Waals surface area contributed by atoms with E-state index in [9.17, 15) is 4.79 Å². The monoisotopic (exact) mass is 338 g/mol. The molecule has 2 rings (SSSR count). The Balaban J connectivity index is 2.29. The fourth-order valence-corrected chi connectivity index (χ4v) is 2.85. The van der Waals surface area contributed by atoms with E-state index in [1.54, 1.807) is 6.07 Å². The van der Waals surface area contributed by atoms with Gasteiger partial charge in [-0.05, 0) is 24.3 Å². The van der Waals surface area contributed by atoms with E-state index in [1.165, 1.54) is 25.1 Å². The van der Waals surface area contributed by atoms with Crippen LogP contribution < -0.4 is 5.73 Å². The van der Waals surface area contributed by atoms with Crippen LogP contribution in [-0.4, -0.2) is 18.1 Å². The van der Waals surface area contributed by atoms with E-state index in [1.807, 2.05) is 24.3 Å². The van der Waals surface area contributed by atoms with E-state index in [4.69, 9.17) is 5.73 Å². The van der Waals surface area contributed by atoms with Crippen LogP contribution in [0.15, 0.2) is 50.9 Å². The summed E-state index contributed by atoms with van der Waals surface area (Å²) >= 11 is 4.86. The van der Waals surface area contributed by atoms with Crippen LogP contribution in [0, 0.1) is 0 Å². The molecule has 0 aliphatic carbocycles. The van der Waals surface area contributed by atoms with Crippen molar-refractivity contribution in [2.24, 2.45) is 0 Å². The number of aromatic nitrogens is 1. The van der Waals surface area contributed by atoms with Gasteiger partial charge in [-0.15, -0.1) is 0 Å². The van der Waals surface area contributed by atoms with Crippen LogP contribution in [0.4, 0.5) is 5.69 Å². The number of nitrogens with zero attached hydrogens (tertiary/aromatic N) is 1. The van der Waals surface area contributed by atoms with Crippen LogP contribution in [0.2, 0.25) is 0 Å². The van der Waals surface area contributed by atoms with Crippen LogP contribution >= 0.6 is 27.7 Å². The van der Waals surface area contributed by atoms with Gasteiger partial charge in [0.15, 0.2) is 0 Å².